The molecule has 0 aliphatic heterocycles. The fourth-order valence-electron chi connectivity index (χ4n) is 2.08. The number of aromatic nitrogens is 2. The van der Waals surface area contributed by atoms with Crippen LogP contribution in [0.25, 0.3) is 10.9 Å². The van der Waals surface area contributed by atoms with Crippen LogP contribution in [0.1, 0.15) is 26.5 Å². The lowest BCUT2D eigenvalue weighted by Gasteiger charge is -2.21. The summed E-state index contributed by atoms with van der Waals surface area (Å²) in [7, 11) is 1.81. The van der Waals surface area contributed by atoms with Crippen molar-refractivity contribution >= 4 is 16.7 Å². The van der Waals surface area contributed by atoms with Gasteiger partial charge in [-0.1, -0.05) is 18.2 Å². The van der Waals surface area contributed by atoms with Crippen LogP contribution in [0.15, 0.2) is 24.3 Å². The van der Waals surface area contributed by atoms with Gasteiger partial charge in [-0.3, -0.25) is 9.48 Å². The number of para-hydroxylation sites is 1. The van der Waals surface area contributed by atoms with Gasteiger partial charge in [0.2, 0.25) is 0 Å². The van der Waals surface area contributed by atoms with Crippen LogP contribution in [0.3, 0.4) is 0 Å². The average molecular weight is 259 g/mol. The molecule has 0 fully saturated rings. The van der Waals surface area contributed by atoms with Crippen molar-refractivity contribution in [2.75, 3.05) is 7.05 Å². The van der Waals surface area contributed by atoms with Crippen LogP contribution in [-0.2, 0) is 17.8 Å². The second kappa shape index (κ2) is 5.13. The topological polar surface area (TPSA) is 46.9 Å². The highest BCUT2D eigenvalue weighted by atomic mass is 16.1. The zero-order valence-corrected chi connectivity index (χ0v) is 12.0. The quantitative estimate of drug-likeness (QED) is 0.895. The van der Waals surface area contributed by atoms with Crippen LogP contribution < -0.4 is 5.32 Å². The number of nitrogens with zero attached hydrogens (tertiary/aromatic N) is 2. The van der Waals surface area contributed by atoms with E-state index in [0.29, 0.717) is 6.42 Å². The highest BCUT2D eigenvalue weighted by Crippen LogP contribution is 2.20. The highest BCUT2D eigenvalue weighted by molar-refractivity contribution is 5.93. The normalized spacial score (nSPS) is 12.0. The van der Waals surface area contributed by atoms with Gasteiger partial charge in [0.05, 0.1) is 23.2 Å². The molecular formula is C15H21N3O. The Kier molecular flexibility index (Phi) is 3.71. The van der Waals surface area contributed by atoms with Crippen molar-refractivity contribution in [1.82, 2.24) is 15.1 Å². The molecule has 4 nitrogen and oxygen atoms in total. The van der Waals surface area contributed by atoms with Crippen LogP contribution in [-0.4, -0.2) is 28.2 Å². The van der Waals surface area contributed by atoms with Crippen LogP contribution in [0.2, 0.25) is 0 Å². The standard InChI is InChI=1S/C15H21N3O/c1-5-18-13-9-7-6-8-11(13)12(17-18)10-14(19)15(2,3)16-4/h6-9,16H,5,10H2,1-4H3. The van der Waals surface area contributed by atoms with Crippen molar-refractivity contribution in [3.63, 3.8) is 0 Å². The van der Waals surface area contributed by atoms with Gasteiger partial charge < -0.3 is 5.32 Å². The number of hydrogen-bond donors (Lipinski definition) is 1. The molecule has 0 unspecified atom stereocenters. The fraction of sp³-hybridized carbons (Fsp3) is 0.467. The minimum atomic E-state index is -0.517. The second-order valence-electron chi connectivity index (χ2n) is 5.25. The van der Waals surface area contributed by atoms with Crippen molar-refractivity contribution in [2.45, 2.75) is 39.3 Å². The third-order valence-corrected chi connectivity index (χ3v) is 3.68. The summed E-state index contributed by atoms with van der Waals surface area (Å²) in [5, 5.41) is 8.68. The molecular weight excluding hydrogens is 238 g/mol. The number of rotatable bonds is 5. The van der Waals surface area contributed by atoms with E-state index in [1.54, 1.807) is 7.05 Å². The lowest BCUT2D eigenvalue weighted by molar-refractivity contribution is -0.123. The van der Waals surface area contributed by atoms with Gasteiger partial charge >= 0.3 is 0 Å². The van der Waals surface area contributed by atoms with Crippen LogP contribution in [0.4, 0.5) is 0 Å². The van der Waals surface area contributed by atoms with Crippen molar-refractivity contribution in [2.24, 2.45) is 0 Å². The van der Waals surface area contributed by atoms with Crippen molar-refractivity contribution in [3.8, 4) is 0 Å². The Labute approximate surface area is 113 Å². The maximum Gasteiger partial charge on any atom is 0.158 e. The van der Waals surface area contributed by atoms with Crippen LogP contribution in [0, 0.1) is 0 Å². The summed E-state index contributed by atoms with van der Waals surface area (Å²) in [4.78, 5) is 12.3. The minimum absolute atomic E-state index is 0.154. The van der Waals surface area contributed by atoms with Gasteiger partial charge in [0.15, 0.2) is 5.78 Å². The molecule has 0 radical (unpaired) electrons. The summed E-state index contributed by atoms with van der Waals surface area (Å²) in [5.74, 6) is 0.154. The van der Waals surface area contributed by atoms with E-state index in [-0.39, 0.29) is 5.78 Å². The first-order valence-electron chi connectivity index (χ1n) is 6.66. The monoisotopic (exact) mass is 259 g/mol. The molecule has 102 valence electrons. The number of aryl methyl sites for hydroxylation is 1. The molecule has 0 bridgehead atoms. The summed E-state index contributed by atoms with van der Waals surface area (Å²) in [6, 6.07) is 8.06. The van der Waals surface area contributed by atoms with Gasteiger partial charge in [-0.15, -0.1) is 0 Å². The molecule has 0 saturated heterocycles. The van der Waals surface area contributed by atoms with Gasteiger partial charge in [-0.25, -0.2) is 0 Å². The molecule has 1 aromatic heterocycles. The zero-order chi connectivity index (χ0) is 14.0. The average Bonchev–Trinajstić information content (AvgIpc) is 2.77. The van der Waals surface area contributed by atoms with E-state index in [1.165, 1.54) is 0 Å². The second-order valence-corrected chi connectivity index (χ2v) is 5.25. The van der Waals surface area contributed by atoms with Crippen molar-refractivity contribution in [1.29, 1.82) is 0 Å². The largest absolute Gasteiger partial charge is 0.308 e. The SMILES string of the molecule is CCn1nc(CC(=O)C(C)(C)NC)c2ccccc21. The molecule has 2 rings (SSSR count). The zero-order valence-electron chi connectivity index (χ0n) is 12.0. The van der Waals surface area contributed by atoms with E-state index in [9.17, 15) is 4.79 Å². The molecule has 19 heavy (non-hydrogen) atoms. The summed E-state index contributed by atoms with van der Waals surface area (Å²) in [6.45, 7) is 6.66. The van der Waals surface area contributed by atoms with E-state index in [0.717, 1.165) is 23.1 Å². The van der Waals surface area contributed by atoms with Crippen LogP contribution in [0.5, 0.6) is 0 Å². The van der Waals surface area contributed by atoms with Crippen LogP contribution >= 0.6 is 0 Å². The smallest absolute Gasteiger partial charge is 0.158 e. The maximum atomic E-state index is 12.3. The van der Waals surface area contributed by atoms with Gasteiger partial charge in [0.1, 0.15) is 0 Å². The molecule has 0 aliphatic carbocycles. The lowest BCUT2D eigenvalue weighted by atomic mass is 9.95. The molecule has 0 aliphatic rings. The number of ketones is 1. The first kappa shape index (κ1) is 13.7. The Hall–Kier alpha value is -1.68. The first-order valence-corrected chi connectivity index (χ1v) is 6.66. The summed E-state index contributed by atoms with van der Waals surface area (Å²) < 4.78 is 1.95. The Balaban J connectivity index is 2.39. The van der Waals surface area contributed by atoms with E-state index >= 15 is 0 Å². The number of Topliss-reactive ketones (excluding diaryl/α,β-unsaturated/α-hetero) is 1. The summed E-state index contributed by atoms with van der Waals surface area (Å²) in [6.07, 6.45) is 0.362. The maximum absolute atomic E-state index is 12.3. The number of fused-ring (bicyclic) bond motifs is 1. The van der Waals surface area contributed by atoms with E-state index in [1.807, 2.05) is 42.8 Å². The number of hydrogen-bond acceptors (Lipinski definition) is 3. The Morgan fingerprint density at radius 3 is 2.68 bits per heavy atom. The van der Waals surface area contributed by atoms with E-state index < -0.39 is 5.54 Å². The molecule has 1 heterocycles. The van der Waals surface area contributed by atoms with Gasteiger partial charge in [0.25, 0.3) is 0 Å². The molecule has 0 atom stereocenters. The third-order valence-electron chi connectivity index (χ3n) is 3.68. The molecule has 1 aromatic carbocycles. The van der Waals surface area contributed by atoms with Gasteiger partial charge in [-0.05, 0) is 33.9 Å². The molecule has 2 aromatic rings. The molecule has 4 heteroatoms. The number of carbonyl (C=O) groups is 1. The summed E-state index contributed by atoms with van der Waals surface area (Å²) in [5.41, 5.74) is 1.44. The Morgan fingerprint density at radius 1 is 1.37 bits per heavy atom. The highest BCUT2D eigenvalue weighted by Gasteiger charge is 2.26. The number of carbonyl (C=O) groups excluding carboxylic acids is 1. The van der Waals surface area contributed by atoms with Crippen molar-refractivity contribution < 1.29 is 4.79 Å². The molecule has 0 saturated carbocycles. The van der Waals surface area contributed by atoms with Gasteiger partial charge in [0, 0.05) is 11.9 Å². The third kappa shape index (κ3) is 2.54. The van der Waals surface area contributed by atoms with E-state index in [4.69, 9.17) is 0 Å². The summed E-state index contributed by atoms with van der Waals surface area (Å²) >= 11 is 0. The van der Waals surface area contributed by atoms with E-state index in [2.05, 4.69) is 17.3 Å². The molecule has 0 spiro atoms. The van der Waals surface area contributed by atoms with Crippen molar-refractivity contribution in [3.05, 3.63) is 30.0 Å². The Morgan fingerprint density at radius 2 is 2.05 bits per heavy atom. The first-order chi connectivity index (χ1) is 8.99. The number of benzene rings is 1. The predicted octanol–water partition coefficient (Wildman–Crippen LogP) is 2.17. The predicted molar refractivity (Wildman–Crippen MR) is 77.3 cm³/mol. The minimum Gasteiger partial charge on any atom is -0.308 e. The molecule has 0 amide bonds. The van der Waals surface area contributed by atoms with Gasteiger partial charge in [-0.2, -0.15) is 5.10 Å². The molecule has 1 N–H and O–H groups in total. The lowest BCUT2D eigenvalue weighted by Crippen LogP contribution is -2.45. The number of nitrogens with one attached hydrogen (secondary N) is 1. The number of likely N-dealkylation sites (N-methyl/N-ethyl adjacent to an activating group) is 1. The Bertz CT molecular complexity index is 598. The fourth-order valence-corrected chi connectivity index (χ4v) is 2.08.